The molecule has 3 rings (SSSR count). The van der Waals surface area contributed by atoms with Crippen LogP contribution in [0.5, 0.6) is 0 Å². The molecule has 2 unspecified atom stereocenters. The van der Waals surface area contributed by atoms with E-state index in [0.717, 1.165) is 29.9 Å². The van der Waals surface area contributed by atoms with Crippen molar-refractivity contribution in [2.45, 2.75) is 25.2 Å². The number of benzene rings is 1. The topological polar surface area (TPSA) is 38.4 Å². The van der Waals surface area contributed by atoms with Crippen LogP contribution in [-0.4, -0.2) is 12.8 Å². The summed E-state index contributed by atoms with van der Waals surface area (Å²) in [7, 11) is 0. The lowest BCUT2D eigenvalue weighted by Crippen LogP contribution is -2.28. The highest BCUT2D eigenvalue weighted by Gasteiger charge is 2.35. The molecule has 1 aliphatic heterocycles. The Morgan fingerprint density at radius 2 is 1.89 bits per heavy atom. The van der Waals surface area contributed by atoms with Gasteiger partial charge in [-0.2, -0.15) is 0 Å². The van der Waals surface area contributed by atoms with E-state index in [1.807, 2.05) is 0 Å². The molecule has 1 aromatic carbocycles. The van der Waals surface area contributed by atoms with Crippen molar-refractivity contribution in [1.29, 1.82) is 0 Å². The summed E-state index contributed by atoms with van der Waals surface area (Å²) in [6, 6.07) is 4.80. The fraction of sp³-hybridized carbons (Fsp3) is 0.462. The van der Waals surface area contributed by atoms with E-state index in [1.165, 1.54) is 12.5 Å². The van der Waals surface area contributed by atoms with Crippen LogP contribution < -0.4 is 5.73 Å². The zero-order valence-corrected chi connectivity index (χ0v) is 9.87. The minimum absolute atomic E-state index is 0.171. The third kappa shape index (κ3) is 2.35. The number of hydrogen-bond donors (Lipinski definition) is 1. The summed E-state index contributed by atoms with van der Waals surface area (Å²) in [5.41, 5.74) is 7.84. The molecule has 1 heterocycles. The summed E-state index contributed by atoms with van der Waals surface area (Å²) in [6.45, 7) is -1.75. The number of rotatable bonds is 0. The molecule has 0 bridgehead atoms. The van der Waals surface area contributed by atoms with Gasteiger partial charge in [-0.3, -0.25) is 0 Å². The van der Waals surface area contributed by atoms with E-state index < -0.39 is 6.93 Å². The minimum atomic E-state index is -1.75. The van der Waals surface area contributed by atoms with E-state index in [4.69, 9.17) is 5.73 Å². The largest absolute Gasteiger partial charge is 0.387 e. The molecule has 1 aliphatic carbocycles. The highest BCUT2D eigenvalue weighted by atomic mass is 19.3. The summed E-state index contributed by atoms with van der Waals surface area (Å²) in [5.74, 6) is 1.30. The van der Waals surface area contributed by atoms with Gasteiger partial charge in [0.1, 0.15) is 11.7 Å². The van der Waals surface area contributed by atoms with Gasteiger partial charge in [0.2, 0.25) is 6.93 Å². The van der Waals surface area contributed by atoms with Gasteiger partial charge in [-0.15, -0.1) is 0 Å². The average Bonchev–Trinajstić information content (AvgIpc) is 2.81. The van der Waals surface area contributed by atoms with E-state index in [1.54, 1.807) is 12.1 Å². The Hall–Kier alpha value is -1.52. The Bertz CT molecular complexity index is 460. The minimum Gasteiger partial charge on any atom is -0.387 e. The fourth-order valence-corrected chi connectivity index (χ4v) is 2.83. The second-order valence-electron chi connectivity index (χ2n) is 4.48. The number of hydrogen-bond acceptors (Lipinski definition) is 2. The second-order valence-corrected chi connectivity index (χ2v) is 4.48. The lowest BCUT2D eigenvalue weighted by molar-refractivity contribution is 0.295. The summed E-state index contributed by atoms with van der Waals surface area (Å²) >= 11 is 0. The molecule has 0 saturated heterocycles. The Morgan fingerprint density at radius 3 is 2.61 bits per heavy atom. The first-order chi connectivity index (χ1) is 8.67. The third-order valence-corrected chi connectivity index (χ3v) is 3.53. The van der Waals surface area contributed by atoms with Crippen LogP contribution in [0.1, 0.15) is 30.7 Å². The van der Waals surface area contributed by atoms with Crippen molar-refractivity contribution in [3.05, 3.63) is 29.6 Å². The number of nitrogens with zero attached hydrogens (tertiary/aromatic N) is 1. The Labute approximate surface area is 104 Å². The summed E-state index contributed by atoms with van der Waals surface area (Å²) in [4.78, 5) is 4.36. The first-order valence-electron chi connectivity index (χ1n) is 5.92. The van der Waals surface area contributed by atoms with E-state index >= 15 is 0 Å². The van der Waals surface area contributed by atoms with Gasteiger partial charge >= 0.3 is 0 Å². The molecule has 0 aromatic heterocycles. The monoisotopic (exact) mass is 256 g/mol. The first kappa shape index (κ1) is 12.9. The zero-order chi connectivity index (χ0) is 13.1. The van der Waals surface area contributed by atoms with E-state index in [0.29, 0.717) is 11.8 Å². The van der Waals surface area contributed by atoms with Gasteiger partial charge in [-0.25, -0.2) is 18.2 Å². The normalized spacial score (nSPS) is 24.5. The van der Waals surface area contributed by atoms with Crippen molar-refractivity contribution in [2.24, 2.45) is 16.6 Å². The van der Waals surface area contributed by atoms with Gasteiger partial charge in [-0.1, -0.05) is 6.42 Å². The molecule has 98 valence electrons. The molecule has 1 saturated carbocycles. The van der Waals surface area contributed by atoms with Crippen molar-refractivity contribution in [2.75, 3.05) is 6.93 Å². The number of fused-ring (bicyclic) bond motifs is 3. The molecule has 0 spiro atoms. The standard InChI is InChI=1S/C12H13FN2.CH2F2/c13-7-4-5-11-10(6-7)8-2-1-3-9(8)12(14)15-11;2-1-3/h4-6,8-9H,1-3H2,(H2,14,15);1H2. The predicted octanol–water partition coefficient (Wildman–Crippen LogP) is 3.59. The molecule has 0 amide bonds. The van der Waals surface area contributed by atoms with Crippen LogP contribution in [0.2, 0.25) is 0 Å². The molecule has 0 radical (unpaired) electrons. The summed E-state index contributed by atoms with van der Waals surface area (Å²) < 4.78 is 32.4. The maximum absolute atomic E-state index is 13.2. The predicted molar refractivity (Wildman–Crippen MR) is 64.8 cm³/mol. The lowest BCUT2D eigenvalue weighted by atomic mass is 9.85. The van der Waals surface area contributed by atoms with Crippen LogP contribution in [0.3, 0.4) is 0 Å². The lowest BCUT2D eigenvalue weighted by Gasteiger charge is -2.25. The Kier molecular flexibility index (Phi) is 3.89. The van der Waals surface area contributed by atoms with Crippen LogP contribution in [0.25, 0.3) is 0 Å². The van der Waals surface area contributed by atoms with Gasteiger partial charge in [0.15, 0.2) is 0 Å². The first-order valence-corrected chi connectivity index (χ1v) is 5.92. The fourth-order valence-electron chi connectivity index (χ4n) is 2.83. The van der Waals surface area contributed by atoms with Crippen LogP contribution in [-0.2, 0) is 0 Å². The molecular formula is C13H15F3N2. The zero-order valence-electron chi connectivity index (χ0n) is 9.87. The smallest absolute Gasteiger partial charge is 0.229 e. The van der Waals surface area contributed by atoms with Crippen LogP contribution in [0.4, 0.5) is 18.9 Å². The van der Waals surface area contributed by atoms with Crippen molar-refractivity contribution in [1.82, 2.24) is 0 Å². The van der Waals surface area contributed by atoms with Crippen molar-refractivity contribution < 1.29 is 13.2 Å². The molecular weight excluding hydrogens is 241 g/mol. The SMILES string of the molecule is FCF.NC1=Nc2ccc(F)cc2C2CCCC12. The number of aliphatic imine (C=N–C) groups is 1. The van der Waals surface area contributed by atoms with E-state index in [9.17, 15) is 13.2 Å². The van der Waals surface area contributed by atoms with Crippen LogP contribution >= 0.6 is 0 Å². The third-order valence-electron chi connectivity index (χ3n) is 3.53. The van der Waals surface area contributed by atoms with Gasteiger partial charge in [0.05, 0.1) is 5.69 Å². The molecule has 2 atom stereocenters. The average molecular weight is 256 g/mol. The van der Waals surface area contributed by atoms with Gasteiger partial charge < -0.3 is 5.73 Å². The molecule has 2 aliphatic rings. The highest BCUT2D eigenvalue weighted by molar-refractivity contribution is 5.89. The number of amidine groups is 1. The van der Waals surface area contributed by atoms with Crippen molar-refractivity contribution >= 4 is 11.5 Å². The second kappa shape index (κ2) is 5.42. The van der Waals surface area contributed by atoms with Gasteiger partial charge in [0.25, 0.3) is 0 Å². The maximum atomic E-state index is 13.2. The van der Waals surface area contributed by atoms with Gasteiger partial charge in [0, 0.05) is 5.92 Å². The Morgan fingerprint density at radius 1 is 1.22 bits per heavy atom. The van der Waals surface area contributed by atoms with Crippen LogP contribution in [0.15, 0.2) is 23.2 Å². The van der Waals surface area contributed by atoms with E-state index in [2.05, 4.69) is 4.99 Å². The summed E-state index contributed by atoms with van der Waals surface area (Å²) in [6.07, 6.45) is 3.37. The molecule has 1 aromatic rings. The molecule has 5 heteroatoms. The quantitative estimate of drug-likeness (QED) is 0.756. The molecule has 18 heavy (non-hydrogen) atoms. The Balaban J connectivity index is 0.000000367. The molecule has 2 nitrogen and oxygen atoms in total. The molecule has 2 N–H and O–H groups in total. The highest BCUT2D eigenvalue weighted by Crippen LogP contribution is 2.46. The maximum Gasteiger partial charge on any atom is 0.229 e. The number of halogens is 3. The van der Waals surface area contributed by atoms with E-state index in [-0.39, 0.29) is 5.82 Å². The van der Waals surface area contributed by atoms with Gasteiger partial charge in [-0.05, 0) is 42.5 Å². The van der Waals surface area contributed by atoms with Crippen LogP contribution in [0, 0.1) is 11.7 Å². The van der Waals surface area contributed by atoms with Crippen molar-refractivity contribution in [3.8, 4) is 0 Å². The molecule has 1 fully saturated rings. The number of nitrogens with two attached hydrogens (primary N) is 1. The summed E-state index contributed by atoms with van der Waals surface area (Å²) in [5, 5.41) is 0. The number of alkyl halides is 2. The van der Waals surface area contributed by atoms with Crippen molar-refractivity contribution in [3.63, 3.8) is 0 Å².